The Balaban J connectivity index is 2.41. The van der Waals surface area contributed by atoms with E-state index in [9.17, 15) is 14.7 Å². The first-order valence-corrected chi connectivity index (χ1v) is 8.40. The molecule has 0 radical (unpaired) electrons. The Bertz CT molecular complexity index is 850. The predicted octanol–water partition coefficient (Wildman–Crippen LogP) is 2.67. The minimum atomic E-state index is -1.07. The largest absolute Gasteiger partial charge is 0.497 e. The zero-order valence-electron chi connectivity index (χ0n) is 16.1. The number of para-hydroxylation sites is 1. The van der Waals surface area contributed by atoms with Gasteiger partial charge >= 0.3 is 5.97 Å². The summed E-state index contributed by atoms with van der Waals surface area (Å²) >= 11 is 0. The minimum Gasteiger partial charge on any atom is -0.497 e. The van der Waals surface area contributed by atoms with Gasteiger partial charge in [-0.05, 0) is 24.3 Å². The van der Waals surface area contributed by atoms with Crippen molar-refractivity contribution in [3.8, 4) is 23.0 Å². The number of hydrogen-bond donors (Lipinski definition) is 2. The third-order valence-corrected chi connectivity index (χ3v) is 4.15. The zero-order chi connectivity index (χ0) is 20.7. The molecule has 2 aromatic carbocycles. The van der Waals surface area contributed by atoms with Crippen LogP contribution in [0.2, 0.25) is 0 Å². The van der Waals surface area contributed by atoms with Crippen molar-refractivity contribution in [2.75, 3.05) is 28.4 Å². The number of carbonyl (C=O) groups is 2. The lowest BCUT2D eigenvalue weighted by Gasteiger charge is -2.21. The summed E-state index contributed by atoms with van der Waals surface area (Å²) in [4.78, 5) is 24.3. The standard InChI is InChI=1S/C20H23NO7/c1-25-12-8-9-13(17(10-12)27-3)15(11-18(22)23)21-20(24)14-6-5-7-16(26-2)19(14)28-4/h5-10,15H,11H2,1-4H3,(H,21,24)(H,22,23). The number of amides is 1. The molecule has 0 aromatic heterocycles. The lowest BCUT2D eigenvalue weighted by Crippen LogP contribution is -2.30. The summed E-state index contributed by atoms with van der Waals surface area (Å²) in [5.41, 5.74) is 0.741. The minimum absolute atomic E-state index is 0.227. The molecule has 2 N–H and O–H groups in total. The van der Waals surface area contributed by atoms with Gasteiger partial charge in [0.2, 0.25) is 0 Å². The molecule has 0 saturated heterocycles. The maximum absolute atomic E-state index is 12.9. The first-order chi connectivity index (χ1) is 13.4. The molecule has 0 bridgehead atoms. The maximum atomic E-state index is 12.9. The van der Waals surface area contributed by atoms with E-state index in [0.29, 0.717) is 22.8 Å². The van der Waals surface area contributed by atoms with Gasteiger partial charge in [-0.25, -0.2) is 0 Å². The molecule has 0 aliphatic heterocycles. The number of carboxylic acids is 1. The highest BCUT2D eigenvalue weighted by molar-refractivity contribution is 5.98. The topological polar surface area (TPSA) is 103 Å². The molecular formula is C20H23NO7. The molecule has 8 nitrogen and oxygen atoms in total. The average Bonchev–Trinajstić information content (AvgIpc) is 2.71. The molecule has 0 aliphatic carbocycles. The van der Waals surface area contributed by atoms with Gasteiger partial charge in [0.25, 0.3) is 5.91 Å². The van der Waals surface area contributed by atoms with Gasteiger partial charge in [0.1, 0.15) is 11.5 Å². The van der Waals surface area contributed by atoms with E-state index in [-0.39, 0.29) is 17.7 Å². The summed E-state index contributed by atoms with van der Waals surface area (Å²) in [6.07, 6.45) is -0.333. The Morgan fingerprint density at radius 1 is 0.964 bits per heavy atom. The molecule has 8 heteroatoms. The fourth-order valence-electron chi connectivity index (χ4n) is 2.82. The molecule has 2 rings (SSSR count). The molecule has 0 fully saturated rings. The van der Waals surface area contributed by atoms with E-state index in [0.717, 1.165) is 0 Å². The van der Waals surface area contributed by atoms with Crippen LogP contribution >= 0.6 is 0 Å². The van der Waals surface area contributed by atoms with Crippen LogP contribution in [0.5, 0.6) is 23.0 Å². The highest BCUT2D eigenvalue weighted by Gasteiger charge is 2.25. The molecular weight excluding hydrogens is 366 g/mol. The van der Waals surface area contributed by atoms with E-state index in [1.54, 1.807) is 36.4 Å². The SMILES string of the molecule is COc1ccc(C(CC(=O)O)NC(=O)c2cccc(OC)c2OC)c(OC)c1. The zero-order valence-corrected chi connectivity index (χ0v) is 16.1. The van der Waals surface area contributed by atoms with Gasteiger partial charge < -0.3 is 29.4 Å². The fraction of sp³-hybridized carbons (Fsp3) is 0.300. The normalized spacial score (nSPS) is 11.3. The van der Waals surface area contributed by atoms with E-state index < -0.39 is 17.9 Å². The Hall–Kier alpha value is -3.42. The monoisotopic (exact) mass is 389 g/mol. The van der Waals surface area contributed by atoms with E-state index in [2.05, 4.69) is 5.32 Å². The summed E-state index contributed by atoms with van der Waals surface area (Å²) in [7, 11) is 5.87. The first-order valence-electron chi connectivity index (χ1n) is 8.40. The second kappa shape index (κ2) is 9.50. The van der Waals surface area contributed by atoms with Crippen LogP contribution in [0.1, 0.15) is 28.4 Å². The Kier molecular flexibility index (Phi) is 7.08. The van der Waals surface area contributed by atoms with Crippen LogP contribution < -0.4 is 24.3 Å². The third kappa shape index (κ3) is 4.64. The van der Waals surface area contributed by atoms with Crippen molar-refractivity contribution >= 4 is 11.9 Å². The lowest BCUT2D eigenvalue weighted by atomic mass is 10.0. The number of ether oxygens (including phenoxy) is 4. The Morgan fingerprint density at radius 3 is 2.25 bits per heavy atom. The van der Waals surface area contributed by atoms with Crippen molar-refractivity contribution < 1.29 is 33.6 Å². The highest BCUT2D eigenvalue weighted by atomic mass is 16.5. The Labute approximate surface area is 163 Å². The number of carboxylic acid groups (broad SMARTS) is 1. The van der Waals surface area contributed by atoms with Gasteiger partial charge in [0.05, 0.1) is 46.5 Å². The number of aliphatic carboxylic acids is 1. The number of nitrogens with one attached hydrogen (secondary N) is 1. The van der Waals surface area contributed by atoms with Gasteiger partial charge in [0, 0.05) is 11.6 Å². The molecule has 1 amide bonds. The quantitative estimate of drug-likeness (QED) is 0.679. The van der Waals surface area contributed by atoms with Gasteiger partial charge in [0.15, 0.2) is 11.5 Å². The number of methoxy groups -OCH3 is 4. The molecule has 0 aliphatic rings. The maximum Gasteiger partial charge on any atom is 0.305 e. The average molecular weight is 389 g/mol. The second-order valence-electron chi connectivity index (χ2n) is 5.77. The molecule has 1 unspecified atom stereocenters. The second-order valence-corrected chi connectivity index (χ2v) is 5.77. The molecule has 150 valence electrons. The Morgan fingerprint density at radius 2 is 1.68 bits per heavy atom. The van der Waals surface area contributed by atoms with Crippen LogP contribution in [0.25, 0.3) is 0 Å². The molecule has 0 spiro atoms. The fourth-order valence-corrected chi connectivity index (χ4v) is 2.82. The van der Waals surface area contributed by atoms with E-state index >= 15 is 0 Å². The van der Waals surface area contributed by atoms with Crippen LogP contribution in [-0.4, -0.2) is 45.4 Å². The smallest absolute Gasteiger partial charge is 0.305 e. The molecule has 28 heavy (non-hydrogen) atoms. The van der Waals surface area contributed by atoms with Crippen molar-refractivity contribution in [3.05, 3.63) is 47.5 Å². The molecule has 2 aromatic rings. The number of rotatable bonds is 9. The van der Waals surface area contributed by atoms with E-state index in [4.69, 9.17) is 18.9 Å². The van der Waals surface area contributed by atoms with Crippen LogP contribution in [0.4, 0.5) is 0 Å². The van der Waals surface area contributed by atoms with Crippen molar-refractivity contribution in [2.45, 2.75) is 12.5 Å². The summed E-state index contributed by atoms with van der Waals surface area (Å²) in [6, 6.07) is 9.01. The molecule has 0 heterocycles. The summed E-state index contributed by atoms with van der Waals surface area (Å²) in [6.45, 7) is 0. The molecule has 0 saturated carbocycles. The van der Waals surface area contributed by atoms with Crippen molar-refractivity contribution in [1.29, 1.82) is 0 Å². The number of hydrogen-bond acceptors (Lipinski definition) is 6. The van der Waals surface area contributed by atoms with Crippen LogP contribution in [0, 0.1) is 0 Å². The van der Waals surface area contributed by atoms with Crippen molar-refractivity contribution in [2.24, 2.45) is 0 Å². The first kappa shape index (κ1) is 20.9. The predicted molar refractivity (Wildman–Crippen MR) is 102 cm³/mol. The lowest BCUT2D eigenvalue weighted by molar-refractivity contribution is -0.137. The van der Waals surface area contributed by atoms with E-state index in [1.165, 1.54) is 28.4 Å². The van der Waals surface area contributed by atoms with Gasteiger partial charge in [-0.15, -0.1) is 0 Å². The summed E-state index contributed by atoms with van der Waals surface area (Å²) in [5.74, 6) is 0.0462. The van der Waals surface area contributed by atoms with Gasteiger partial charge in [-0.2, -0.15) is 0 Å². The number of carbonyl (C=O) groups excluding carboxylic acids is 1. The van der Waals surface area contributed by atoms with Crippen molar-refractivity contribution in [3.63, 3.8) is 0 Å². The molecule has 1 atom stereocenters. The van der Waals surface area contributed by atoms with Crippen LogP contribution in [0.15, 0.2) is 36.4 Å². The number of benzene rings is 2. The van der Waals surface area contributed by atoms with Gasteiger partial charge in [-0.1, -0.05) is 6.07 Å². The summed E-state index contributed by atoms with van der Waals surface area (Å²) in [5, 5.41) is 12.1. The summed E-state index contributed by atoms with van der Waals surface area (Å²) < 4.78 is 21.0. The van der Waals surface area contributed by atoms with Crippen LogP contribution in [0.3, 0.4) is 0 Å². The highest BCUT2D eigenvalue weighted by Crippen LogP contribution is 2.33. The van der Waals surface area contributed by atoms with E-state index in [1.807, 2.05) is 0 Å². The van der Waals surface area contributed by atoms with Crippen LogP contribution in [-0.2, 0) is 4.79 Å². The third-order valence-electron chi connectivity index (χ3n) is 4.15. The van der Waals surface area contributed by atoms with Crippen molar-refractivity contribution in [1.82, 2.24) is 5.32 Å². The van der Waals surface area contributed by atoms with Gasteiger partial charge in [-0.3, -0.25) is 9.59 Å².